The van der Waals surface area contributed by atoms with Crippen LogP contribution in [0.3, 0.4) is 0 Å². The van der Waals surface area contributed by atoms with Gasteiger partial charge in [0.25, 0.3) is 0 Å². The van der Waals surface area contributed by atoms with Crippen molar-refractivity contribution in [1.82, 2.24) is 0 Å². The van der Waals surface area contributed by atoms with Gasteiger partial charge in [-0.15, -0.1) is 0 Å². The van der Waals surface area contributed by atoms with E-state index in [1.807, 2.05) is 25.1 Å². The van der Waals surface area contributed by atoms with Gasteiger partial charge >= 0.3 is 5.97 Å². The van der Waals surface area contributed by atoms with Crippen molar-refractivity contribution in [3.8, 4) is 5.75 Å². The van der Waals surface area contributed by atoms with Crippen LogP contribution in [-0.2, 0) is 9.53 Å². The molecule has 0 saturated carbocycles. The molecule has 2 aliphatic heterocycles. The molecule has 0 aromatic heterocycles. The molecule has 0 amide bonds. The lowest BCUT2D eigenvalue weighted by atomic mass is 9.71. The van der Waals surface area contributed by atoms with Crippen molar-refractivity contribution >= 4 is 5.97 Å². The molecular weight excluding hydrogens is 256 g/mol. The average Bonchev–Trinajstić information content (AvgIpc) is 2.82. The van der Waals surface area contributed by atoms with Crippen LogP contribution in [0.25, 0.3) is 0 Å². The second-order valence-electron chi connectivity index (χ2n) is 5.80. The second kappa shape index (κ2) is 5.09. The minimum absolute atomic E-state index is 0.227. The normalized spacial score (nSPS) is 32.5. The van der Waals surface area contributed by atoms with E-state index in [1.54, 1.807) is 0 Å². The van der Waals surface area contributed by atoms with E-state index in [1.165, 1.54) is 0 Å². The van der Waals surface area contributed by atoms with Gasteiger partial charge in [-0.25, -0.2) is 0 Å². The number of ether oxygens (including phenoxy) is 2. The van der Waals surface area contributed by atoms with Gasteiger partial charge in [-0.1, -0.05) is 18.2 Å². The molecule has 1 aromatic rings. The van der Waals surface area contributed by atoms with Gasteiger partial charge in [-0.3, -0.25) is 4.79 Å². The second-order valence-corrected chi connectivity index (χ2v) is 5.80. The maximum atomic E-state index is 11.8. The quantitative estimate of drug-likeness (QED) is 0.922. The van der Waals surface area contributed by atoms with Crippen molar-refractivity contribution in [1.29, 1.82) is 0 Å². The molecule has 1 aromatic carbocycles. The van der Waals surface area contributed by atoms with Crippen molar-refractivity contribution in [3.63, 3.8) is 0 Å². The molecule has 2 aliphatic rings. The highest BCUT2D eigenvalue weighted by atomic mass is 16.5. The van der Waals surface area contributed by atoms with Crippen LogP contribution >= 0.6 is 0 Å². The van der Waals surface area contributed by atoms with Crippen LogP contribution in [0.5, 0.6) is 5.75 Å². The molecule has 1 saturated heterocycles. The van der Waals surface area contributed by atoms with Crippen LogP contribution in [-0.4, -0.2) is 30.4 Å². The Hall–Kier alpha value is -1.55. The Labute approximate surface area is 118 Å². The van der Waals surface area contributed by atoms with Crippen molar-refractivity contribution in [2.24, 2.45) is 5.41 Å². The van der Waals surface area contributed by atoms with Gasteiger partial charge in [0.2, 0.25) is 0 Å². The fourth-order valence-corrected chi connectivity index (χ4v) is 3.48. The number of aliphatic carboxylic acids is 1. The molecule has 0 spiro atoms. The number of hydrogen-bond acceptors (Lipinski definition) is 3. The Morgan fingerprint density at radius 1 is 1.40 bits per heavy atom. The van der Waals surface area contributed by atoms with E-state index in [0.717, 1.165) is 17.7 Å². The summed E-state index contributed by atoms with van der Waals surface area (Å²) in [7, 11) is 0. The first-order valence-corrected chi connectivity index (χ1v) is 7.20. The highest BCUT2D eigenvalue weighted by Crippen LogP contribution is 2.47. The Bertz CT molecular complexity index is 513. The summed E-state index contributed by atoms with van der Waals surface area (Å²) in [6, 6.07) is 7.96. The number of fused-ring (bicyclic) bond motifs is 1. The maximum Gasteiger partial charge on any atom is 0.312 e. The van der Waals surface area contributed by atoms with Gasteiger partial charge in [-0.05, 0) is 43.7 Å². The third-order valence-corrected chi connectivity index (χ3v) is 4.81. The van der Waals surface area contributed by atoms with Gasteiger partial charge in [0.05, 0.1) is 18.1 Å². The van der Waals surface area contributed by atoms with E-state index in [9.17, 15) is 9.90 Å². The number of carboxylic acids is 1. The largest absolute Gasteiger partial charge is 0.493 e. The zero-order valence-electron chi connectivity index (χ0n) is 11.7. The molecule has 0 bridgehead atoms. The van der Waals surface area contributed by atoms with Crippen LogP contribution < -0.4 is 4.74 Å². The Morgan fingerprint density at radius 3 is 2.90 bits per heavy atom. The molecule has 4 nitrogen and oxygen atoms in total. The molecule has 3 unspecified atom stereocenters. The highest BCUT2D eigenvalue weighted by Gasteiger charge is 2.50. The monoisotopic (exact) mass is 276 g/mol. The van der Waals surface area contributed by atoms with Gasteiger partial charge < -0.3 is 14.6 Å². The summed E-state index contributed by atoms with van der Waals surface area (Å²) in [5, 5.41) is 9.70. The third kappa shape index (κ3) is 2.08. The van der Waals surface area contributed by atoms with Crippen LogP contribution in [0.4, 0.5) is 0 Å². The number of para-hydroxylation sites is 1. The van der Waals surface area contributed by atoms with Gasteiger partial charge in [0.15, 0.2) is 0 Å². The molecule has 3 atom stereocenters. The molecule has 3 rings (SSSR count). The van der Waals surface area contributed by atoms with E-state index < -0.39 is 11.4 Å². The SMILES string of the molecule is CC1OCCC1(CC1CCOc2ccccc21)C(=O)O. The molecule has 20 heavy (non-hydrogen) atoms. The number of carbonyl (C=O) groups is 1. The summed E-state index contributed by atoms with van der Waals surface area (Å²) in [6.07, 6.45) is 1.88. The molecule has 1 fully saturated rings. The minimum Gasteiger partial charge on any atom is -0.493 e. The smallest absolute Gasteiger partial charge is 0.312 e. The predicted molar refractivity (Wildman–Crippen MR) is 74.0 cm³/mol. The minimum atomic E-state index is -0.755. The van der Waals surface area contributed by atoms with Crippen molar-refractivity contribution in [2.45, 2.75) is 38.2 Å². The summed E-state index contributed by atoms with van der Waals surface area (Å²) in [4.78, 5) is 11.8. The predicted octanol–water partition coefficient (Wildman–Crippen LogP) is 2.82. The van der Waals surface area contributed by atoms with Crippen LogP contribution in [0.1, 0.15) is 37.7 Å². The van der Waals surface area contributed by atoms with E-state index in [2.05, 4.69) is 6.07 Å². The molecule has 108 valence electrons. The number of carboxylic acid groups (broad SMARTS) is 1. The molecule has 2 heterocycles. The third-order valence-electron chi connectivity index (χ3n) is 4.81. The zero-order valence-corrected chi connectivity index (χ0v) is 11.7. The molecule has 0 aliphatic carbocycles. The summed E-state index contributed by atoms with van der Waals surface area (Å²) >= 11 is 0. The fraction of sp³-hybridized carbons (Fsp3) is 0.562. The Morgan fingerprint density at radius 2 is 2.20 bits per heavy atom. The van der Waals surface area contributed by atoms with E-state index in [4.69, 9.17) is 9.47 Å². The lowest BCUT2D eigenvalue weighted by molar-refractivity contribution is -0.153. The number of hydrogen-bond donors (Lipinski definition) is 1. The van der Waals surface area contributed by atoms with Gasteiger partial charge in [0, 0.05) is 6.61 Å². The lowest BCUT2D eigenvalue weighted by Crippen LogP contribution is -2.39. The number of rotatable bonds is 3. The lowest BCUT2D eigenvalue weighted by Gasteiger charge is -2.34. The topological polar surface area (TPSA) is 55.8 Å². The summed E-state index contributed by atoms with van der Waals surface area (Å²) < 4.78 is 11.2. The van der Waals surface area contributed by atoms with Gasteiger partial charge in [0.1, 0.15) is 5.75 Å². The first-order valence-electron chi connectivity index (χ1n) is 7.20. The Balaban J connectivity index is 1.89. The first-order chi connectivity index (χ1) is 9.63. The molecular formula is C16H20O4. The summed E-state index contributed by atoms with van der Waals surface area (Å²) in [5.41, 5.74) is 0.383. The maximum absolute atomic E-state index is 11.8. The van der Waals surface area contributed by atoms with Crippen molar-refractivity contribution < 1.29 is 19.4 Å². The fourth-order valence-electron chi connectivity index (χ4n) is 3.48. The van der Waals surface area contributed by atoms with Gasteiger partial charge in [-0.2, -0.15) is 0 Å². The van der Waals surface area contributed by atoms with E-state index in [-0.39, 0.29) is 12.0 Å². The zero-order chi connectivity index (χ0) is 14.2. The molecule has 4 heteroatoms. The molecule has 0 radical (unpaired) electrons. The van der Waals surface area contributed by atoms with Crippen molar-refractivity contribution in [3.05, 3.63) is 29.8 Å². The van der Waals surface area contributed by atoms with Crippen molar-refractivity contribution in [2.75, 3.05) is 13.2 Å². The van der Waals surface area contributed by atoms with E-state index in [0.29, 0.717) is 26.1 Å². The first kappa shape index (κ1) is 13.4. The van der Waals surface area contributed by atoms with E-state index >= 15 is 0 Å². The van der Waals surface area contributed by atoms with Crippen LogP contribution in [0.2, 0.25) is 0 Å². The van der Waals surface area contributed by atoms with Crippen LogP contribution in [0, 0.1) is 5.41 Å². The molecule has 1 N–H and O–H groups in total. The Kier molecular flexibility index (Phi) is 3.42. The average molecular weight is 276 g/mol. The number of benzene rings is 1. The summed E-state index contributed by atoms with van der Waals surface area (Å²) in [5.74, 6) is 0.405. The summed E-state index contributed by atoms with van der Waals surface area (Å²) in [6.45, 7) is 3.08. The standard InChI is InChI=1S/C16H20O4/c1-11-16(15(17)18,7-9-19-11)10-12-6-8-20-14-5-3-2-4-13(12)14/h2-5,11-12H,6-10H2,1H3,(H,17,18). The van der Waals surface area contributed by atoms with Crippen LogP contribution in [0.15, 0.2) is 24.3 Å². The highest BCUT2D eigenvalue weighted by molar-refractivity contribution is 5.76.